The first-order valence-corrected chi connectivity index (χ1v) is 22.4. The van der Waals surface area contributed by atoms with Gasteiger partial charge in [0.2, 0.25) is 11.7 Å². The number of hydrogen-bond donors (Lipinski definition) is 3. The Balaban J connectivity index is 1.85. The van der Waals surface area contributed by atoms with Crippen LogP contribution >= 0.6 is 0 Å². The van der Waals surface area contributed by atoms with Crippen LogP contribution in [0.4, 0.5) is 4.79 Å². The third kappa shape index (κ3) is 12.6. The van der Waals surface area contributed by atoms with Crippen LogP contribution in [-0.4, -0.2) is 83.7 Å². The fourth-order valence-electron chi connectivity index (χ4n) is 9.21. The maximum absolute atomic E-state index is 14.3. The minimum absolute atomic E-state index is 0.0341. The molecule has 11 heteroatoms. The van der Waals surface area contributed by atoms with Crippen LogP contribution in [0.5, 0.6) is 11.5 Å². The van der Waals surface area contributed by atoms with E-state index in [9.17, 15) is 19.8 Å². The molecule has 6 atom stereocenters. The monoisotopic (exact) mass is 810 g/mol. The van der Waals surface area contributed by atoms with Crippen molar-refractivity contribution >= 4 is 17.7 Å². The van der Waals surface area contributed by atoms with Gasteiger partial charge in [-0.15, -0.1) is 6.58 Å². The van der Waals surface area contributed by atoms with Gasteiger partial charge in [0.05, 0.1) is 18.2 Å². The summed E-state index contributed by atoms with van der Waals surface area (Å²) >= 11 is 0. The quantitative estimate of drug-likeness (QED) is 0.0505. The molecule has 11 nitrogen and oxygen atoms in total. The fraction of sp³-hybridized carbons (Fsp3) is 0.723. The highest BCUT2D eigenvalue weighted by atomic mass is 16.7. The van der Waals surface area contributed by atoms with Crippen molar-refractivity contribution in [2.75, 3.05) is 33.4 Å². The third-order valence-corrected chi connectivity index (χ3v) is 12.0. The van der Waals surface area contributed by atoms with E-state index in [2.05, 4.69) is 24.9 Å². The van der Waals surface area contributed by atoms with Crippen LogP contribution in [-0.2, 0) is 14.4 Å². The van der Waals surface area contributed by atoms with Gasteiger partial charge in [0.25, 0.3) is 0 Å². The Bertz CT molecular complexity index is 1520. The average Bonchev–Trinajstić information content (AvgIpc) is 3.19. The number of carbonyl (C=O) groups excluding carboxylic acids is 2. The van der Waals surface area contributed by atoms with Crippen molar-refractivity contribution in [1.29, 1.82) is 0 Å². The summed E-state index contributed by atoms with van der Waals surface area (Å²) in [5.74, 6) is -0.710. The van der Waals surface area contributed by atoms with Gasteiger partial charge in [-0.1, -0.05) is 88.4 Å². The second-order valence-electron chi connectivity index (χ2n) is 17.5. The number of amides is 2. The second kappa shape index (κ2) is 23.4. The van der Waals surface area contributed by atoms with Crippen molar-refractivity contribution in [3.8, 4) is 11.5 Å². The van der Waals surface area contributed by atoms with E-state index in [0.717, 1.165) is 61.8 Å². The van der Waals surface area contributed by atoms with Crippen LogP contribution in [0.3, 0.4) is 0 Å². The number of rotatable bonds is 25. The molecule has 1 aromatic carbocycles. The van der Waals surface area contributed by atoms with Gasteiger partial charge in [0.1, 0.15) is 23.1 Å². The van der Waals surface area contributed by atoms with Crippen molar-refractivity contribution in [3.05, 3.63) is 48.1 Å². The van der Waals surface area contributed by atoms with E-state index in [1.54, 1.807) is 12.1 Å². The number of aliphatic hydroxyl groups is 2. The van der Waals surface area contributed by atoms with E-state index in [-0.39, 0.29) is 43.5 Å². The van der Waals surface area contributed by atoms with E-state index < -0.39 is 29.4 Å². The number of oxime groups is 1. The van der Waals surface area contributed by atoms with Gasteiger partial charge < -0.3 is 39.5 Å². The molecule has 1 aliphatic heterocycles. The molecule has 3 N–H and O–H groups in total. The molecule has 6 unspecified atom stereocenters. The number of carbonyl (C=O) groups is 2. The fourth-order valence-corrected chi connectivity index (χ4v) is 9.21. The number of nitrogens with one attached hydrogen (secondary N) is 1. The smallest absolute Gasteiger partial charge is 0.412 e. The minimum atomic E-state index is -1.31. The molecule has 0 saturated heterocycles. The van der Waals surface area contributed by atoms with E-state index in [4.69, 9.17) is 24.2 Å². The highest BCUT2D eigenvalue weighted by molar-refractivity contribution is 6.03. The van der Waals surface area contributed by atoms with E-state index in [1.165, 1.54) is 38.5 Å². The van der Waals surface area contributed by atoms with Crippen molar-refractivity contribution in [2.45, 2.75) is 167 Å². The summed E-state index contributed by atoms with van der Waals surface area (Å²) in [6, 6.07) is 4.96. The lowest BCUT2D eigenvalue weighted by atomic mass is 9.55. The van der Waals surface area contributed by atoms with E-state index >= 15 is 0 Å². The van der Waals surface area contributed by atoms with Crippen LogP contribution in [0.25, 0.3) is 0 Å². The number of nitrogens with zero attached hydrogens (tertiary/aromatic N) is 2. The molecule has 3 aliphatic rings. The first-order chi connectivity index (χ1) is 27.9. The van der Waals surface area contributed by atoms with Crippen LogP contribution < -0.4 is 14.8 Å². The highest BCUT2D eigenvalue weighted by Crippen LogP contribution is 2.62. The highest BCUT2D eigenvalue weighted by Gasteiger charge is 2.65. The summed E-state index contributed by atoms with van der Waals surface area (Å²) in [4.78, 5) is 35.0. The number of benzene rings is 1. The van der Waals surface area contributed by atoms with Gasteiger partial charge in [-0.3, -0.25) is 4.79 Å². The van der Waals surface area contributed by atoms with Gasteiger partial charge >= 0.3 is 6.09 Å². The summed E-state index contributed by atoms with van der Waals surface area (Å²) in [6.45, 7) is 14.9. The SMILES string of the molecule is C=CCOC12Oc3ccc(OC(=O)NCC)cc3C3C(CCCCO)C(CCCCO)C=C(C(=NOC(C)(C)C)CC1N(C)C(=O)CCCCCCCCCCC)C32. The van der Waals surface area contributed by atoms with E-state index in [1.807, 2.05) is 51.8 Å². The van der Waals surface area contributed by atoms with Crippen molar-refractivity contribution in [3.63, 3.8) is 0 Å². The summed E-state index contributed by atoms with van der Waals surface area (Å²) < 4.78 is 20.0. The molecule has 1 heterocycles. The molecule has 58 heavy (non-hydrogen) atoms. The maximum Gasteiger partial charge on any atom is 0.412 e. The number of unbranched alkanes of at least 4 members (excludes halogenated alkanes) is 10. The van der Waals surface area contributed by atoms with Crippen LogP contribution in [0.1, 0.15) is 155 Å². The average molecular weight is 810 g/mol. The number of ether oxygens (including phenoxy) is 3. The Kier molecular flexibility index (Phi) is 19.1. The zero-order valence-corrected chi connectivity index (χ0v) is 36.6. The van der Waals surface area contributed by atoms with E-state index in [0.29, 0.717) is 43.7 Å². The topological polar surface area (TPSA) is 139 Å². The summed E-state index contributed by atoms with van der Waals surface area (Å²) in [5, 5.41) is 27.3. The minimum Gasteiger partial charge on any atom is -0.459 e. The van der Waals surface area contributed by atoms with Crippen molar-refractivity contribution in [2.24, 2.45) is 22.9 Å². The predicted octanol–water partition coefficient (Wildman–Crippen LogP) is 9.61. The van der Waals surface area contributed by atoms with Gasteiger partial charge in [-0.05, 0) is 95.4 Å². The summed E-state index contributed by atoms with van der Waals surface area (Å²) in [6.07, 6.45) is 19.5. The standard InChI is InChI=1S/C47H75N3O8/c1-8-11-12-13-14-15-16-17-18-25-42(53)50(7)41-33-39(49-58-46(4,5)6)37-31-34(23-19-21-28-51)36(24-20-22-29-52)43-38-32-35(56-45(54)48-10-3)26-27-40(38)57-47(41,44(37)43)55-30-9-2/h9,26-27,31-32,34,36,41,43-44,51-52H,2,8,10-25,28-30,33H2,1,3-7H3,(H,48,54). The van der Waals surface area contributed by atoms with Crippen LogP contribution in [0.2, 0.25) is 0 Å². The molecule has 2 amide bonds. The molecule has 326 valence electrons. The molecule has 0 aromatic heterocycles. The van der Waals surface area contributed by atoms with Crippen molar-refractivity contribution in [1.82, 2.24) is 10.2 Å². The summed E-state index contributed by atoms with van der Waals surface area (Å²) in [5.41, 5.74) is 2.08. The number of aliphatic hydroxyl groups excluding tert-OH is 2. The molecule has 2 aliphatic carbocycles. The molecule has 1 aromatic rings. The second-order valence-corrected chi connectivity index (χ2v) is 17.5. The molecule has 1 fully saturated rings. The Morgan fingerprint density at radius 3 is 2.29 bits per heavy atom. The lowest BCUT2D eigenvalue weighted by Crippen LogP contribution is -2.69. The lowest BCUT2D eigenvalue weighted by Gasteiger charge is -2.59. The number of hydrogen-bond acceptors (Lipinski definition) is 9. The Morgan fingerprint density at radius 1 is 0.983 bits per heavy atom. The normalized spacial score (nSPS) is 24.2. The number of fused-ring (bicyclic) bond motifs is 2. The zero-order chi connectivity index (χ0) is 42.1. The molecule has 4 rings (SSSR count). The first kappa shape index (κ1) is 47.3. The molecule has 0 bridgehead atoms. The first-order valence-electron chi connectivity index (χ1n) is 22.4. The Hall–Kier alpha value is -3.41. The number of allylic oxidation sites excluding steroid dienone is 1. The predicted molar refractivity (Wildman–Crippen MR) is 230 cm³/mol. The van der Waals surface area contributed by atoms with Gasteiger partial charge in [-0.25, -0.2) is 4.79 Å². The molecular formula is C47H75N3O8. The van der Waals surface area contributed by atoms with Crippen molar-refractivity contribution < 1.29 is 38.9 Å². The largest absolute Gasteiger partial charge is 0.459 e. The molecule has 0 spiro atoms. The van der Waals surface area contributed by atoms with Crippen LogP contribution in [0.15, 0.2) is 47.7 Å². The van der Waals surface area contributed by atoms with Crippen LogP contribution in [0, 0.1) is 17.8 Å². The Morgan fingerprint density at radius 2 is 1.66 bits per heavy atom. The maximum atomic E-state index is 14.3. The lowest BCUT2D eigenvalue weighted by molar-refractivity contribution is -0.255. The van der Waals surface area contributed by atoms with Gasteiger partial charge in [-0.2, -0.15) is 0 Å². The van der Waals surface area contributed by atoms with Gasteiger partial charge in [0, 0.05) is 51.1 Å². The van der Waals surface area contributed by atoms with Gasteiger partial charge in [0.15, 0.2) is 0 Å². The number of likely N-dealkylation sites (N-methyl/N-ethyl adjacent to an activating group) is 1. The summed E-state index contributed by atoms with van der Waals surface area (Å²) in [7, 11) is 1.87. The third-order valence-electron chi connectivity index (χ3n) is 12.0. The molecule has 1 saturated carbocycles. The molecular weight excluding hydrogens is 735 g/mol. The zero-order valence-electron chi connectivity index (χ0n) is 36.6. The molecule has 0 radical (unpaired) electrons. The Labute approximate surface area is 349 Å².